The third kappa shape index (κ3) is 3.05. The Morgan fingerprint density at radius 1 is 1.05 bits per heavy atom. The van der Waals surface area contributed by atoms with E-state index in [0.29, 0.717) is 0 Å². The normalized spacial score (nSPS) is 14.5. The van der Waals surface area contributed by atoms with E-state index in [1.54, 1.807) is 12.1 Å². The molecule has 0 saturated carbocycles. The molecule has 0 atom stereocenters. The summed E-state index contributed by atoms with van der Waals surface area (Å²) < 4.78 is 40.1. The van der Waals surface area contributed by atoms with Crippen molar-refractivity contribution in [1.29, 1.82) is 0 Å². The standard InChI is InChI=1S/C15H15FN2O2S/c16-13-8-14(10-17-9-13)18-21(19,20)15-6-5-11-3-1-2-4-12(11)7-15/h5-10,18H,1-4H2. The van der Waals surface area contributed by atoms with Gasteiger partial charge in [-0.2, -0.15) is 0 Å². The number of nitrogens with one attached hydrogen (secondary N) is 1. The fourth-order valence-electron chi connectivity index (χ4n) is 2.56. The van der Waals surface area contributed by atoms with Crippen LogP contribution in [0.3, 0.4) is 0 Å². The Kier molecular flexibility index (Phi) is 3.63. The number of aryl methyl sites for hydroxylation is 2. The van der Waals surface area contributed by atoms with Crippen molar-refractivity contribution in [3.63, 3.8) is 0 Å². The highest BCUT2D eigenvalue weighted by atomic mass is 32.2. The smallest absolute Gasteiger partial charge is 0.261 e. The molecule has 4 nitrogen and oxygen atoms in total. The lowest BCUT2D eigenvalue weighted by molar-refractivity contribution is 0.600. The minimum absolute atomic E-state index is 0.118. The molecule has 1 N–H and O–H groups in total. The van der Waals surface area contributed by atoms with Crippen molar-refractivity contribution in [2.45, 2.75) is 30.6 Å². The summed E-state index contributed by atoms with van der Waals surface area (Å²) in [6.07, 6.45) is 6.43. The van der Waals surface area contributed by atoms with Crippen LogP contribution in [0.5, 0.6) is 0 Å². The minimum Gasteiger partial charge on any atom is -0.278 e. The van der Waals surface area contributed by atoms with Crippen LogP contribution in [-0.4, -0.2) is 13.4 Å². The van der Waals surface area contributed by atoms with Gasteiger partial charge in [0.05, 0.1) is 23.0 Å². The van der Waals surface area contributed by atoms with E-state index >= 15 is 0 Å². The number of pyridine rings is 1. The van der Waals surface area contributed by atoms with Crippen molar-refractivity contribution in [2.75, 3.05) is 4.72 Å². The van der Waals surface area contributed by atoms with Crippen LogP contribution in [0.4, 0.5) is 10.1 Å². The van der Waals surface area contributed by atoms with Crippen molar-refractivity contribution in [3.05, 3.63) is 53.6 Å². The molecule has 6 heteroatoms. The molecule has 1 aliphatic rings. The van der Waals surface area contributed by atoms with Gasteiger partial charge in [-0.05, 0) is 48.9 Å². The van der Waals surface area contributed by atoms with Crippen molar-refractivity contribution in [2.24, 2.45) is 0 Å². The summed E-state index contributed by atoms with van der Waals surface area (Å²) in [6, 6.07) is 6.28. The second-order valence-corrected chi connectivity index (χ2v) is 6.82. The average Bonchev–Trinajstić information content (AvgIpc) is 2.46. The molecule has 0 bridgehead atoms. The van der Waals surface area contributed by atoms with Gasteiger partial charge in [0.1, 0.15) is 5.82 Å². The molecule has 1 heterocycles. The number of rotatable bonds is 3. The van der Waals surface area contributed by atoms with Gasteiger partial charge in [-0.15, -0.1) is 0 Å². The number of benzene rings is 1. The topological polar surface area (TPSA) is 59.1 Å². The zero-order chi connectivity index (χ0) is 14.9. The number of fused-ring (bicyclic) bond motifs is 1. The third-order valence-electron chi connectivity index (χ3n) is 3.59. The van der Waals surface area contributed by atoms with E-state index < -0.39 is 15.8 Å². The molecule has 3 rings (SSSR count). The highest BCUT2D eigenvalue weighted by Gasteiger charge is 2.18. The van der Waals surface area contributed by atoms with Crippen LogP contribution in [0.1, 0.15) is 24.0 Å². The number of sulfonamides is 1. The molecule has 21 heavy (non-hydrogen) atoms. The Hall–Kier alpha value is -1.95. The number of aromatic nitrogens is 1. The molecule has 0 aliphatic heterocycles. The molecule has 0 radical (unpaired) electrons. The van der Waals surface area contributed by atoms with E-state index in [1.165, 1.54) is 11.8 Å². The minimum atomic E-state index is -3.72. The Morgan fingerprint density at radius 3 is 2.57 bits per heavy atom. The summed E-state index contributed by atoms with van der Waals surface area (Å²) in [5, 5.41) is 0. The first-order valence-corrected chi connectivity index (χ1v) is 8.28. The molecule has 1 aliphatic carbocycles. The van der Waals surface area contributed by atoms with Gasteiger partial charge in [0.2, 0.25) is 0 Å². The zero-order valence-corrected chi connectivity index (χ0v) is 12.2. The number of anilines is 1. The lowest BCUT2D eigenvalue weighted by Gasteiger charge is -2.17. The van der Waals surface area contributed by atoms with Crippen LogP contribution in [0, 0.1) is 5.82 Å². The van der Waals surface area contributed by atoms with Crippen LogP contribution in [0.2, 0.25) is 0 Å². The molecular weight excluding hydrogens is 291 g/mol. The van der Waals surface area contributed by atoms with E-state index in [-0.39, 0.29) is 10.6 Å². The molecular formula is C15H15FN2O2S. The summed E-state index contributed by atoms with van der Waals surface area (Å²) in [6.45, 7) is 0. The monoisotopic (exact) mass is 306 g/mol. The van der Waals surface area contributed by atoms with Crippen LogP contribution in [0.15, 0.2) is 41.6 Å². The Balaban J connectivity index is 1.91. The quantitative estimate of drug-likeness (QED) is 0.948. The lowest BCUT2D eigenvalue weighted by Crippen LogP contribution is -2.14. The van der Waals surface area contributed by atoms with E-state index in [4.69, 9.17) is 0 Å². The van der Waals surface area contributed by atoms with Gasteiger partial charge >= 0.3 is 0 Å². The summed E-state index contributed by atoms with van der Waals surface area (Å²) in [7, 11) is -3.72. The number of halogens is 1. The van der Waals surface area contributed by atoms with Gasteiger partial charge in [0, 0.05) is 6.07 Å². The molecule has 2 aromatic rings. The number of hydrogen-bond donors (Lipinski definition) is 1. The molecule has 0 amide bonds. The maximum Gasteiger partial charge on any atom is 0.261 e. The van der Waals surface area contributed by atoms with E-state index in [9.17, 15) is 12.8 Å². The first-order valence-electron chi connectivity index (χ1n) is 6.80. The van der Waals surface area contributed by atoms with E-state index in [2.05, 4.69) is 9.71 Å². The first kappa shape index (κ1) is 14.0. The molecule has 0 saturated heterocycles. The molecule has 1 aromatic carbocycles. The molecule has 1 aromatic heterocycles. The number of hydrogen-bond acceptors (Lipinski definition) is 3. The average molecular weight is 306 g/mol. The van der Waals surface area contributed by atoms with Gasteiger partial charge in [0.25, 0.3) is 10.0 Å². The van der Waals surface area contributed by atoms with Gasteiger partial charge in [-0.1, -0.05) is 6.07 Å². The molecule has 0 fully saturated rings. The van der Waals surface area contributed by atoms with Gasteiger partial charge in [-0.3, -0.25) is 9.71 Å². The fraction of sp³-hybridized carbons (Fsp3) is 0.267. The highest BCUT2D eigenvalue weighted by Crippen LogP contribution is 2.25. The Morgan fingerprint density at radius 2 is 1.81 bits per heavy atom. The Bertz CT molecular complexity index is 775. The van der Waals surface area contributed by atoms with Crippen molar-refractivity contribution in [1.82, 2.24) is 4.98 Å². The molecule has 0 unspecified atom stereocenters. The summed E-state index contributed by atoms with van der Waals surface area (Å²) in [5.41, 5.74) is 2.42. The van der Waals surface area contributed by atoms with Crippen LogP contribution in [-0.2, 0) is 22.9 Å². The third-order valence-corrected chi connectivity index (χ3v) is 4.97. The molecule has 110 valence electrons. The summed E-state index contributed by atoms with van der Waals surface area (Å²) in [4.78, 5) is 3.83. The fourth-order valence-corrected chi connectivity index (χ4v) is 3.64. The first-order chi connectivity index (χ1) is 10.0. The zero-order valence-electron chi connectivity index (χ0n) is 11.3. The number of nitrogens with zero attached hydrogens (tertiary/aromatic N) is 1. The summed E-state index contributed by atoms with van der Waals surface area (Å²) >= 11 is 0. The van der Waals surface area contributed by atoms with Gasteiger partial charge in [-0.25, -0.2) is 12.8 Å². The molecule has 0 spiro atoms. The predicted octanol–water partition coefficient (Wildman–Crippen LogP) is 2.90. The van der Waals surface area contributed by atoms with Crippen molar-refractivity contribution in [3.8, 4) is 0 Å². The van der Waals surface area contributed by atoms with Crippen LogP contribution in [0.25, 0.3) is 0 Å². The van der Waals surface area contributed by atoms with Gasteiger partial charge < -0.3 is 0 Å². The van der Waals surface area contributed by atoms with Crippen LogP contribution >= 0.6 is 0 Å². The SMILES string of the molecule is O=S(=O)(Nc1cncc(F)c1)c1ccc2c(c1)CCCC2. The van der Waals surface area contributed by atoms with Crippen LogP contribution < -0.4 is 4.72 Å². The largest absolute Gasteiger partial charge is 0.278 e. The Labute approximate surface area is 123 Å². The van der Waals surface area contributed by atoms with Crippen molar-refractivity contribution < 1.29 is 12.8 Å². The van der Waals surface area contributed by atoms with E-state index in [0.717, 1.165) is 43.5 Å². The van der Waals surface area contributed by atoms with Crippen molar-refractivity contribution >= 4 is 15.7 Å². The van der Waals surface area contributed by atoms with E-state index in [1.807, 2.05) is 6.07 Å². The maximum absolute atomic E-state index is 13.1. The second kappa shape index (κ2) is 5.44. The lowest BCUT2D eigenvalue weighted by atomic mass is 9.92. The van der Waals surface area contributed by atoms with Gasteiger partial charge in [0.15, 0.2) is 0 Å². The highest BCUT2D eigenvalue weighted by molar-refractivity contribution is 7.92. The second-order valence-electron chi connectivity index (χ2n) is 5.13. The predicted molar refractivity (Wildman–Crippen MR) is 78.1 cm³/mol. The maximum atomic E-state index is 13.1. The summed E-state index contributed by atoms with van der Waals surface area (Å²) in [5.74, 6) is -0.583.